The molecule has 6 heteroatoms. The van der Waals surface area contributed by atoms with Crippen molar-refractivity contribution in [2.75, 3.05) is 0 Å². The molecule has 0 spiro atoms. The number of halogens is 3. The van der Waals surface area contributed by atoms with Crippen LogP contribution in [0.1, 0.15) is 37.0 Å². The van der Waals surface area contributed by atoms with Crippen LogP contribution in [0.5, 0.6) is 17.2 Å². The van der Waals surface area contributed by atoms with Crippen molar-refractivity contribution in [2.24, 2.45) is 0 Å². The molecule has 0 aromatic heterocycles. The quantitative estimate of drug-likeness (QED) is 0.364. The summed E-state index contributed by atoms with van der Waals surface area (Å²) in [4.78, 5) is 0. The number of phenolic OH excluding ortho intramolecular Hbond substituents is 3. The van der Waals surface area contributed by atoms with Crippen LogP contribution >= 0.6 is 34.8 Å². The van der Waals surface area contributed by atoms with Gasteiger partial charge in [-0.05, 0) is 91.1 Å². The number of aromatic hydroxyl groups is 3. The Hall–Kier alpha value is -2.07. The van der Waals surface area contributed by atoms with Gasteiger partial charge in [0.05, 0.1) is 0 Å². The zero-order chi connectivity index (χ0) is 22.7. The lowest BCUT2D eigenvalue weighted by atomic mass is 10.1. The summed E-state index contributed by atoms with van der Waals surface area (Å²) in [6, 6.07) is 15.1. The Labute approximate surface area is 193 Å². The van der Waals surface area contributed by atoms with Gasteiger partial charge in [0.25, 0.3) is 0 Å². The molecule has 3 rings (SSSR count). The molecule has 0 aliphatic carbocycles. The Balaban J connectivity index is 0.000000226. The van der Waals surface area contributed by atoms with Crippen LogP contribution in [0.4, 0.5) is 0 Å². The average molecular weight is 470 g/mol. The predicted molar refractivity (Wildman–Crippen MR) is 127 cm³/mol. The van der Waals surface area contributed by atoms with Gasteiger partial charge in [-0.25, -0.2) is 0 Å². The molecule has 0 aliphatic heterocycles. The highest BCUT2D eigenvalue weighted by atomic mass is 35.5. The summed E-state index contributed by atoms with van der Waals surface area (Å²) in [6.45, 7) is 5.85. The molecule has 0 aliphatic rings. The second kappa shape index (κ2) is 13.3. The van der Waals surface area contributed by atoms with Gasteiger partial charge < -0.3 is 15.3 Å². The fourth-order valence-electron chi connectivity index (χ4n) is 2.48. The number of hydrogen-bond acceptors (Lipinski definition) is 3. The minimum atomic E-state index is 0.291. The lowest BCUT2D eigenvalue weighted by molar-refractivity contribution is 0.467. The molecule has 3 N–H and O–H groups in total. The number of aryl methyl sites for hydroxylation is 3. The average Bonchev–Trinajstić information content (AvgIpc) is 2.71. The summed E-state index contributed by atoms with van der Waals surface area (Å²) in [5, 5.41) is 29.5. The van der Waals surface area contributed by atoms with Crippen molar-refractivity contribution in [3.63, 3.8) is 0 Å². The number of phenols is 3. The molecular weight excluding hydrogens is 443 g/mol. The standard InChI is InChI=1S/C9H11ClO.C8H9ClO.C7H7ClO/c1-2-3-7-6-8(10)4-5-9(7)11;1-2-6-5-7(9)3-4-8(6)10;1-5-4-6(8)2-3-7(5)9/h4-6,11H,2-3H2,1H3;3-5,10H,2H2,1H3;2-4,9H,1H3. The van der Waals surface area contributed by atoms with Crippen molar-refractivity contribution >= 4 is 34.8 Å². The molecule has 0 unspecified atom stereocenters. The van der Waals surface area contributed by atoms with E-state index >= 15 is 0 Å². The van der Waals surface area contributed by atoms with Gasteiger partial charge in [-0.1, -0.05) is 55.1 Å². The second-order valence-electron chi connectivity index (χ2n) is 6.58. The zero-order valence-electron chi connectivity index (χ0n) is 17.3. The van der Waals surface area contributed by atoms with E-state index in [9.17, 15) is 10.2 Å². The summed E-state index contributed by atoms with van der Waals surface area (Å²) in [7, 11) is 0. The van der Waals surface area contributed by atoms with E-state index in [2.05, 4.69) is 6.92 Å². The van der Waals surface area contributed by atoms with Gasteiger partial charge >= 0.3 is 0 Å². The Morgan fingerprint density at radius 2 is 1.07 bits per heavy atom. The zero-order valence-corrected chi connectivity index (χ0v) is 19.6. The molecule has 0 atom stereocenters. The molecule has 0 fully saturated rings. The van der Waals surface area contributed by atoms with Crippen molar-refractivity contribution in [3.8, 4) is 17.2 Å². The maximum atomic E-state index is 9.31. The fraction of sp³-hybridized carbons (Fsp3) is 0.250. The van der Waals surface area contributed by atoms with Crippen LogP contribution in [0.15, 0.2) is 54.6 Å². The maximum absolute atomic E-state index is 9.31. The maximum Gasteiger partial charge on any atom is 0.118 e. The van der Waals surface area contributed by atoms with Crippen LogP contribution < -0.4 is 0 Å². The lowest BCUT2D eigenvalue weighted by Gasteiger charge is -2.01. The van der Waals surface area contributed by atoms with Crippen LogP contribution in [0.3, 0.4) is 0 Å². The summed E-state index contributed by atoms with van der Waals surface area (Å²) >= 11 is 17.0. The molecule has 30 heavy (non-hydrogen) atoms. The molecule has 3 aromatic rings. The van der Waals surface area contributed by atoms with E-state index in [1.54, 1.807) is 61.5 Å². The van der Waals surface area contributed by atoms with Crippen molar-refractivity contribution in [1.29, 1.82) is 0 Å². The highest BCUT2D eigenvalue weighted by Crippen LogP contribution is 2.23. The molecule has 3 aromatic carbocycles. The van der Waals surface area contributed by atoms with Crippen LogP contribution in [-0.4, -0.2) is 15.3 Å². The van der Waals surface area contributed by atoms with Gasteiger partial charge in [-0.2, -0.15) is 0 Å². The van der Waals surface area contributed by atoms with Crippen LogP contribution in [0.2, 0.25) is 15.1 Å². The van der Waals surface area contributed by atoms with E-state index < -0.39 is 0 Å². The van der Waals surface area contributed by atoms with E-state index in [1.807, 2.05) is 6.92 Å². The Morgan fingerprint density at radius 3 is 1.47 bits per heavy atom. The van der Waals surface area contributed by atoms with E-state index in [4.69, 9.17) is 39.9 Å². The first-order valence-corrected chi connectivity index (χ1v) is 10.7. The molecule has 0 radical (unpaired) electrons. The van der Waals surface area contributed by atoms with Gasteiger partial charge in [0.1, 0.15) is 17.2 Å². The Morgan fingerprint density at radius 1 is 0.633 bits per heavy atom. The molecule has 0 saturated carbocycles. The van der Waals surface area contributed by atoms with Crippen LogP contribution in [0, 0.1) is 6.92 Å². The Bertz CT molecular complexity index is 943. The minimum Gasteiger partial charge on any atom is -0.508 e. The third-order valence-electron chi connectivity index (χ3n) is 4.14. The minimum absolute atomic E-state index is 0.291. The van der Waals surface area contributed by atoms with Gasteiger partial charge in [0, 0.05) is 15.1 Å². The van der Waals surface area contributed by atoms with Gasteiger partial charge in [0.2, 0.25) is 0 Å². The smallest absolute Gasteiger partial charge is 0.118 e. The van der Waals surface area contributed by atoms with Crippen molar-refractivity contribution in [1.82, 2.24) is 0 Å². The van der Waals surface area contributed by atoms with Gasteiger partial charge in [-0.15, -0.1) is 0 Å². The first kappa shape index (κ1) is 26.0. The SMILES string of the molecule is CCCc1cc(Cl)ccc1O.CCc1cc(Cl)ccc1O.Cc1cc(Cl)ccc1O. The number of benzene rings is 3. The van der Waals surface area contributed by atoms with E-state index in [-0.39, 0.29) is 0 Å². The van der Waals surface area contributed by atoms with Crippen LogP contribution in [0.25, 0.3) is 0 Å². The highest BCUT2D eigenvalue weighted by molar-refractivity contribution is 6.31. The van der Waals surface area contributed by atoms with E-state index in [0.717, 1.165) is 36.0 Å². The number of rotatable bonds is 3. The lowest BCUT2D eigenvalue weighted by Crippen LogP contribution is -1.83. The molecule has 0 saturated heterocycles. The monoisotopic (exact) mass is 468 g/mol. The molecule has 0 amide bonds. The molecule has 0 bridgehead atoms. The first-order valence-electron chi connectivity index (χ1n) is 9.57. The first-order chi connectivity index (χ1) is 14.2. The van der Waals surface area contributed by atoms with E-state index in [0.29, 0.717) is 32.3 Å². The van der Waals surface area contributed by atoms with Gasteiger partial charge in [0.15, 0.2) is 0 Å². The fourth-order valence-corrected chi connectivity index (χ4v) is 3.10. The summed E-state index contributed by atoms with van der Waals surface area (Å²) in [5.74, 6) is 0.961. The van der Waals surface area contributed by atoms with Crippen molar-refractivity contribution in [2.45, 2.75) is 40.0 Å². The summed E-state index contributed by atoms with van der Waals surface area (Å²) in [5.41, 5.74) is 2.63. The normalized spacial score (nSPS) is 9.80. The second-order valence-corrected chi connectivity index (χ2v) is 7.89. The molecule has 162 valence electrons. The number of hydrogen-bond donors (Lipinski definition) is 3. The van der Waals surface area contributed by atoms with E-state index in [1.165, 1.54) is 0 Å². The predicted octanol–water partition coefficient (Wildman–Crippen LogP) is 7.96. The Kier molecular flexibility index (Phi) is 11.5. The summed E-state index contributed by atoms with van der Waals surface area (Å²) in [6.07, 6.45) is 2.71. The third-order valence-corrected chi connectivity index (χ3v) is 4.85. The molecule has 3 nitrogen and oxygen atoms in total. The highest BCUT2D eigenvalue weighted by Gasteiger charge is 1.99. The molecule has 0 heterocycles. The topological polar surface area (TPSA) is 60.7 Å². The van der Waals surface area contributed by atoms with Crippen LogP contribution in [-0.2, 0) is 12.8 Å². The largest absolute Gasteiger partial charge is 0.508 e. The van der Waals surface area contributed by atoms with Gasteiger partial charge in [-0.3, -0.25) is 0 Å². The van der Waals surface area contributed by atoms with Crippen molar-refractivity contribution in [3.05, 3.63) is 86.4 Å². The van der Waals surface area contributed by atoms with Crippen molar-refractivity contribution < 1.29 is 15.3 Å². The third kappa shape index (κ3) is 9.17. The summed E-state index contributed by atoms with van der Waals surface area (Å²) < 4.78 is 0. The molecular formula is C24H27Cl3O3.